The highest BCUT2D eigenvalue weighted by Crippen LogP contribution is 2.62. The summed E-state index contributed by atoms with van der Waals surface area (Å²) in [5, 5.41) is 9.29. The number of aliphatic hydroxyl groups excluding tert-OH is 1. The van der Waals surface area contributed by atoms with Crippen LogP contribution in [0.25, 0.3) is 0 Å². The van der Waals surface area contributed by atoms with Crippen molar-refractivity contribution in [1.29, 1.82) is 0 Å². The lowest BCUT2D eigenvalue weighted by molar-refractivity contribution is -0.440. The van der Waals surface area contributed by atoms with Crippen LogP contribution in [0.3, 0.4) is 0 Å². The van der Waals surface area contributed by atoms with E-state index in [4.69, 9.17) is 0 Å². The molecule has 3 nitrogen and oxygen atoms in total. The lowest BCUT2D eigenvalue weighted by Crippen LogP contribution is -2.70. The summed E-state index contributed by atoms with van der Waals surface area (Å²) < 4.78 is 345. The number of alkyl halides is 26. The zero-order chi connectivity index (χ0) is 42.6. The van der Waals surface area contributed by atoms with Crippen molar-refractivity contribution in [3.05, 3.63) is 0 Å². The molecule has 0 fully saturated rings. The molecule has 0 aromatic carbocycles. The van der Waals surface area contributed by atoms with Gasteiger partial charge in [-0.25, -0.2) is 0 Å². The van der Waals surface area contributed by atoms with Crippen molar-refractivity contribution in [2.24, 2.45) is 0 Å². The van der Waals surface area contributed by atoms with E-state index in [0.717, 1.165) is 0 Å². The molecule has 52 heavy (non-hydrogen) atoms. The molecule has 29 heteroatoms. The minimum Gasteiger partial charge on any atom is -0.388 e. The molecule has 0 spiro atoms. The number of hydrogen-bond donors (Lipinski definition) is 1. The molecule has 0 aliphatic rings. The van der Waals surface area contributed by atoms with Crippen LogP contribution in [-0.4, -0.2) is 109 Å². The summed E-state index contributed by atoms with van der Waals surface area (Å²) in [5.41, 5.74) is 0. The predicted octanol–water partition coefficient (Wildman–Crippen LogP) is 10.4. The molecule has 0 saturated carbocycles. The fraction of sp³-hybridized carbons (Fsp3) is 1.00. The Bertz CT molecular complexity index is 1010. The van der Waals surface area contributed by atoms with E-state index in [-0.39, 0.29) is 0 Å². The van der Waals surface area contributed by atoms with Gasteiger partial charge in [-0.05, 0) is 0 Å². The van der Waals surface area contributed by atoms with Crippen molar-refractivity contribution in [3.8, 4) is 0 Å². The van der Waals surface area contributed by atoms with E-state index < -0.39 is 117 Å². The van der Waals surface area contributed by atoms with E-state index in [1.54, 1.807) is 0 Å². The topological polar surface area (TPSA) is 38.7 Å². The van der Waals surface area contributed by atoms with E-state index >= 15 is 0 Å². The van der Waals surface area contributed by atoms with Crippen molar-refractivity contribution in [1.82, 2.24) is 0 Å². The number of halogens is 26. The summed E-state index contributed by atoms with van der Waals surface area (Å²) >= 11 is 0. The summed E-state index contributed by atoms with van der Waals surface area (Å²) in [7, 11) is 0. The molecule has 0 saturated heterocycles. The molecule has 0 aliphatic heterocycles. The third kappa shape index (κ3) is 9.64. The fourth-order valence-electron chi connectivity index (χ4n) is 2.81. The summed E-state index contributed by atoms with van der Waals surface area (Å²) in [6.07, 6.45) is -21.0. The molecular weight excluding hydrogens is 818 g/mol. The summed E-state index contributed by atoms with van der Waals surface area (Å²) in [6.45, 7) is -3.09. The highest BCUT2D eigenvalue weighted by Gasteiger charge is 2.92. The molecule has 0 aromatic heterocycles. The summed E-state index contributed by atoms with van der Waals surface area (Å²) in [5.74, 6) is -77.3. The third-order valence-electron chi connectivity index (χ3n) is 6.24. The number of aliphatic hydroxyl groups is 1. The van der Waals surface area contributed by atoms with Gasteiger partial charge in [0.05, 0.1) is 26.4 Å². The second-order valence-corrected chi connectivity index (χ2v) is 10.3. The molecule has 0 bridgehead atoms. The number of rotatable bonds is 19. The lowest BCUT2D eigenvalue weighted by Gasteiger charge is -2.39. The predicted molar refractivity (Wildman–Crippen MR) is 119 cm³/mol. The average molecular weight is 842 g/mol. The van der Waals surface area contributed by atoms with E-state index in [2.05, 4.69) is 23.3 Å². The Morgan fingerprint density at radius 2 is 0.577 bits per heavy atom. The Morgan fingerprint density at radius 3 is 0.769 bits per heavy atom. The first-order chi connectivity index (χ1) is 22.5. The first-order valence-electron chi connectivity index (χ1n) is 13.3. The van der Waals surface area contributed by atoms with Crippen LogP contribution in [0.1, 0.15) is 39.5 Å². The van der Waals surface area contributed by atoms with Gasteiger partial charge in [0.25, 0.3) is 0 Å². The normalized spacial score (nSPS) is 15.6. The Labute approximate surface area is 273 Å². The van der Waals surface area contributed by atoms with Gasteiger partial charge in [-0.1, -0.05) is 26.7 Å². The van der Waals surface area contributed by atoms with E-state index in [1.165, 1.54) is 12.8 Å². The molecule has 1 N–H and O–H groups in total. The van der Waals surface area contributed by atoms with Gasteiger partial charge >= 0.3 is 71.6 Å². The minimum atomic E-state index is -8.20. The second kappa shape index (κ2) is 16.4. The van der Waals surface area contributed by atoms with Crippen LogP contribution < -0.4 is 0 Å². The maximum absolute atomic E-state index is 13.6. The summed E-state index contributed by atoms with van der Waals surface area (Å²) in [6, 6.07) is 0. The van der Waals surface area contributed by atoms with Gasteiger partial charge in [0.2, 0.25) is 0 Å². The SMILES string of the molecule is CCCC.OC(COCCC(F)(F)C(F)(F)C(F)(F)C(F)(F)C(F)(F)C(F)(F)F)COCCC(F)(F)C(F)(F)C(F)(F)C(F)(F)C(F)(F)C(F)(F)F. The Balaban J connectivity index is 0. The zero-order valence-corrected chi connectivity index (χ0v) is 25.3. The van der Waals surface area contributed by atoms with Crippen LogP contribution in [0, 0.1) is 0 Å². The van der Waals surface area contributed by atoms with Crippen molar-refractivity contribution < 1.29 is 129 Å². The van der Waals surface area contributed by atoms with Crippen molar-refractivity contribution in [3.63, 3.8) is 0 Å². The van der Waals surface area contributed by atoms with Crippen molar-refractivity contribution in [2.45, 2.75) is 117 Å². The number of ether oxygens (including phenoxy) is 2. The number of unbranched alkanes of at least 4 members (excludes halogenated alkanes) is 1. The van der Waals surface area contributed by atoms with Crippen molar-refractivity contribution >= 4 is 0 Å². The molecule has 0 aliphatic carbocycles. The maximum Gasteiger partial charge on any atom is 0.460 e. The molecule has 0 rings (SSSR count). The Kier molecular flexibility index (Phi) is 16.5. The van der Waals surface area contributed by atoms with Crippen molar-refractivity contribution in [2.75, 3.05) is 26.4 Å². The lowest BCUT2D eigenvalue weighted by atomic mass is 9.93. The second-order valence-electron chi connectivity index (χ2n) is 10.3. The van der Waals surface area contributed by atoms with Crippen LogP contribution >= 0.6 is 0 Å². The Morgan fingerprint density at radius 1 is 0.365 bits per heavy atom. The van der Waals surface area contributed by atoms with Gasteiger partial charge in [-0.15, -0.1) is 0 Å². The molecule has 0 heterocycles. The van der Waals surface area contributed by atoms with E-state index in [1.807, 2.05) is 0 Å². The van der Waals surface area contributed by atoms with Crippen LogP contribution in [0.15, 0.2) is 0 Å². The highest BCUT2D eigenvalue weighted by molar-refractivity contribution is 5.11. The first kappa shape index (κ1) is 52.2. The van der Waals surface area contributed by atoms with Gasteiger partial charge in [-0.3, -0.25) is 0 Å². The van der Waals surface area contributed by atoms with Gasteiger partial charge in [0.15, 0.2) is 0 Å². The maximum atomic E-state index is 13.6. The molecule has 0 atom stereocenters. The molecule has 0 aromatic rings. The summed E-state index contributed by atoms with van der Waals surface area (Å²) in [4.78, 5) is 0. The third-order valence-corrected chi connectivity index (χ3v) is 6.24. The monoisotopic (exact) mass is 842 g/mol. The van der Waals surface area contributed by atoms with Gasteiger partial charge in [0.1, 0.15) is 6.10 Å². The number of hydrogen-bond acceptors (Lipinski definition) is 3. The Hall–Kier alpha value is -1.94. The van der Waals surface area contributed by atoms with Crippen LogP contribution in [0.5, 0.6) is 0 Å². The smallest absolute Gasteiger partial charge is 0.388 e. The van der Waals surface area contributed by atoms with Crippen LogP contribution in [-0.2, 0) is 9.47 Å². The zero-order valence-electron chi connectivity index (χ0n) is 25.3. The first-order valence-corrected chi connectivity index (χ1v) is 13.3. The van der Waals surface area contributed by atoms with Crippen LogP contribution in [0.4, 0.5) is 114 Å². The molecule has 0 amide bonds. The van der Waals surface area contributed by atoms with Gasteiger partial charge in [-0.2, -0.15) is 114 Å². The highest BCUT2D eigenvalue weighted by atomic mass is 19.4. The largest absolute Gasteiger partial charge is 0.460 e. The van der Waals surface area contributed by atoms with Gasteiger partial charge < -0.3 is 14.6 Å². The minimum absolute atomic E-state index is 1.32. The van der Waals surface area contributed by atoms with E-state index in [9.17, 15) is 119 Å². The van der Waals surface area contributed by atoms with Gasteiger partial charge in [0, 0.05) is 12.8 Å². The van der Waals surface area contributed by atoms with Crippen LogP contribution in [0.2, 0.25) is 0 Å². The molecule has 0 radical (unpaired) electrons. The molecular formula is C23H24F26O3. The average Bonchev–Trinajstić information content (AvgIpc) is 2.95. The van der Waals surface area contributed by atoms with E-state index in [0.29, 0.717) is 0 Å². The molecule has 0 unspecified atom stereocenters. The standard InChI is InChI=1S/C19H14F26O3.C4H10/c20-8(21,10(24,25)12(28,29)14(32,33)16(36,37)18(40,41)42)1-3-47-5-7(46)6-48-4-2-9(22,23)11(26,27)13(30,31)15(34,35)17(38,39)19(43,44)45;1-3-4-2/h7,46H,1-6H2;3-4H2,1-2H3. The molecule has 316 valence electrons. The quantitative estimate of drug-likeness (QED) is 0.104. The fourth-order valence-corrected chi connectivity index (χ4v) is 2.81.